The third-order valence-corrected chi connectivity index (χ3v) is 5.95. The molecule has 4 rings (SSSR count). The maximum Gasteiger partial charge on any atom is 0.226 e. The number of aromatic nitrogens is 3. The minimum Gasteiger partial charge on any atom is -0.342 e. The van der Waals surface area contributed by atoms with Crippen molar-refractivity contribution in [2.45, 2.75) is 38.1 Å². The van der Waals surface area contributed by atoms with E-state index < -0.39 is 0 Å². The molecule has 0 saturated carbocycles. The van der Waals surface area contributed by atoms with Gasteiger partial charge in [-0.25, -0.2) is 4.98 Å². The Bertz CT molecular complexity index is 751. The Morgan fingerprint density at radius 2 is 1.96 bits per heavy atom. The van der Waals surface area contributed by atoms with Crippen molar-refractivity contribution in [2.24, 2.45) is 5.92 Å². The van der Waals surface area contributed by atoms with Crippen LogP contribution < -0.4 is 0 Å². The molecule has 0 aliphatic carbocycles. The fourth-order valence-electron chi connectivity index (χ4n) is 4.46. The summed E-state index contributed by atoms with van der Waals surface area (Å²) in [5.41, 5.74) is 1.05. The first-order chi connectivity index (χ1) is 13.2. The van der Waals surface area contributed by atoms with E-state index in [0.29, 0.717) is 11.8 Å². The summed E-state index contributed by atoms with van der Waals surface area (Å²) in [6, 6.07) is 6.01. The minimum absolute atomic E-state index is 0.187. The van der Waals surface area contributed by atoms with Crippen molar-refractivity contribution >= 4 is 5.91 Å². The van der Waals surface area contributed by atoms with Gasteiger partial charge in [0.05, 0.1) is 18.2 Å². The second-order valence-electron chi connectivity index (χ2n) is 7.94. The Morgan fingerprint density at radius 1 is 1.11 bits per heavy atom. The van der Waals surface area contributed by atoms with Gasteiger partial charge in [0.2, 0.25) is 5.91 Å². The zero-order valence-electron chi connectivity index (χ0n) is 16.1. The van der Waals surface area contributed by atoms with Gasteiger partial charge in [0.15, 0.2) is 0 Å². The number of pyridine rings is 1. The van der Waals surface area contributed by atoms with Gasteiger partial charge in [0.1, 0.15) is 5.82 Å². The number of rotatable bonds is 4. The van der Waals surface area contributed by atoms with E-state index in [1.807, 2.05) is 36.8 Å². The van der Waals surface area contributed by atoms with E-state index in [1.54, 1.807) is 0 Å². The van der Waals surface area contributed by atoms with E-state index in [2.05, 4.69) is 31.4 Å². The number of hydrogen-bond donors (Lipinski definition) is 0. The molecule has 2 aliphatic rings. The smallest absolute Gasteiger partial charge is 0.226 e. The number of piperidine rings is 2. The summed E-state index contributed by atoms with van der Waals surface area (Å²) in [6.45, 7) is 4.47. The second kappa shape index (κ2) is 8.21. The van der Waals surface area contributed by atoms with Crippen LogP contribution in [0.1, 0.15) is 43.1 Å². The summed E-state index contributed by atoms with van der Waals surface area (Å²) in [4.78, 5) is 26.3. The van der Waals surface area contributed by atoms with Crippen LogP contribution in [0.4, 0.5) is 0 Å². The monoisotopic (exact) mass is 367 g/mol. The highest BCUT2D eigenvalue weighted by molar-refractivity contribution is 5.79. The quantitative estimate of drug-likeness (QED) is 0.833. The van der Waals surface area contributed by atoms with Gasteiger partial charge in [-0.05, 0) is 51.4 Å². The van der Waals surface area contributed by atoms with Crippen molar-refractivity contribution in [3.8, 4) is 0 Å². The third-order valence-electron chi connectivity index (χ3n) is 5.95. The molecule has 0 aromatic carbocycles. The molecule has 6 heteroatoms. The molecule has 2 aromatic heterocycles. The van der Waals surface area contributed by atoms with Crippen LogP contribution in [-0.2, 0) is 11.3 Å². The van der Waals surface area contributed by atoms with Crippen LogP contribution >= 0.6 is 0 Å². The average Bonchev–Trinajstić information content (AvgIpc) is 3.16. The highest BCUT2D eigenvalue weighted by Gasteiger charge is 2.31. The highest BCUT2D eigenvalue weighted by atomic mass is 16.2. The first kappa shape index (κ1) is 18.2. The molecule has 2 saturated heterocycles. The Morgan fingerprint density at radius 3 is 2.70 bits per heavy atom. The maximum absolute atomic E-state index is 12.9. The highest BCUT2D eigenvalue weighted by Crippen LogP contribution is 2.29. The van der Waals surface area contributed by atoms with Crippen molar-refractivity contribution in [3.63, 3.8) is 0 Å². The Hall–Kier alpha value is -2.21. The molecule has 0 spiro atoms. The van der Waals surface area contributed by atoms with Gasteiger partial charge in [-0.1, -0.05) is 6.07 Å². The number of carbonyl (C=O) groups is 1. The number of hydrogen-bond acceptors (Lipinski definition) is 4. The number of likely N-dealkylation sites (tertiary alicyclic amines) is 2. The zero-order valence-corrected chi connectivity index (χ0v) is 16.1. The van der Waals surface area contributed by atoms with Crippen LogP contribution in [0.3, 0.4) is 0 Å². The molecule has 0 radical (unpaired) electrons. The average molecular weight is 367 g/mol. The lowest BCUT2D eigenvalue weighted by Crippen LogP contribution is -2.46. The molecule has 4 heterocycles. The lowest BCUT2D eigenvalue weighted by molar-refractivity contribution is -0.138. The molecule has 27 heavy (non-hydrogen) atoms. The van der Waals surface area contributed by atoms with E-state index in [9.17, 15) is 4.79 Å². The van der Waals surface area contributed by atoms with Crippen molar-refractivity contribution in [2.75, 3.05) is 33.2 Å². The summed E-state index contributed by atoms with van der Waals surface area (Å²) in [7, 11) is 2.12. The van der Waals surface area contributed by atoms with Gasteiger partial charge in [-0.2, -0.15) is 0 Å². The van der Waals surface area contributed by atoms with Gasteiger partial charge in [0, 0.05) is 44.1 Å². The number of amides is 1. The lowest BCUT2D eigenvalue weighted by Gasteiger charge is -2.36. The van der Waals surface area contributed by atoms with Crippen molar-refractivity contribution in [1.29, 1.82) is 0 Å². The molecule has 0 bridgehead atoms. The maximum atomic E-state index is 12.9. The van der Waals surface area contributed by atoms with Gasteiger partial charge < -0.3 is 14.4 Å². The summed E-state index contributed by atoms with van der Waals surface area (Å²) in [5, 5.41) is 0. The topological polar surface area (TPSA) is 54.3 Å². The van der Waals surface area contributed by atoms with E-state index >= 15 is 0 Å². The molecular weight excluding hydrogens is 338 g/mol. The van der Waals surface area contributed by atoms with Crippen molar-refractivity contribution in [1.82, 2.24) is 24.3 Å². The van der Waals surface area contributed by atoms with Crippen LogP contribution in [0.15, 0.2) is 36.8 Å². The van der Waals surface area contributed by atoms with E-state index in [4.69, 9.17) is 0 Å². The molecule has 2 fully saturated rings. The molecule has 1 amide bonds. The molecule has 144 valence electrons. The Kier molecular flexibility index (Phi) is 5.53. The predicted octanol–water partition coefficient (Wildman–Crippen LogP) is 2.37. The van der Waals surface area contributed by atoms with Gasteiger partial charge in [0.25, 0.3) is 0 Å². The third kappa shape index (κ3) is 4.21. The Balaban J connectivity index is 1.36. The van der Waals surface area contributed by atoms with Crippen molar-refractivity contribution < 1.29 is 4.79 Å². The summed E-state index contributed by atoms with van der Waals surface area (Å²) in [6.07, 6.45) is 9.92. The molecule has 6 nitrogen and oxygen atoms in total. The summed E-state index contributed by atoms with van der Waals surface area (Å²) < 4.78 is 2.21. The van der Waals surface area contributed by atoms with Crippen molar-refractivity contribution in [3.05, 3.63) is 48.3 Å². The first-order valence-corrected chi connectivity index (χ1v) is 10.1. The molecule has 2 aromatic rings. The molecule has 0 N–H and O–H groups in total. The van der Waals surface area contributed by atoms with Gasteiger partial charge >= 0.3 is 0 Å². The lowest BCUT2D eigenvalue weighted by atomic mass is 9.92. The normalized spacial score (nSPS) is 22.1. The standard InChI is InChI=1S/C21H29N5O/c1-24-11-4-5-18(15-24)21(27)25-12-7-17(8-13-25)20-23-10-14-26(20)16-19-6-2-3-9-22-19/h2-3,6,9-10,14,17-18H,4-5,7-8,11-13,15-16H2,1H3/t18-/m1/s1. The SMILES string of the molecule is CN1CCC[C@@H](C(=O)N2CCC(c3nccn3Cc3ccccn3)CC2)C1. The second-order valence-corrected chi connectivity index (χ2v) is 7.94. The number of carbonyl (C=O) groups excluding carboxylic acids is 1. The fraction of sp³-hybridized carbons (Fsp3) is 0.571. The van der Waals surface area contributed by atoms with Crippen LogP contribution in [0.25, 0.3) is 0 Å². The van der Waals surface area contributed by atoms with E-state index in [-0.39, 0.29) is 5.92 Å². The number of nitrogens with zero attached hydrogens (tertiary/aromatic N) is 5. The molecular formula is C21H29N5O. The molecule has 2 aliphatic heterocycles. The van der Waals surface area contributed by atoms with Crippen LogP contribution in [0.5, 0.6) is 0 Å². The van der Waals surface area contributed by atoms with Crippen LogP contribution in [0.2, 0.25) is 0 Å². The summed E-state index contributed by atoms with van der Waals surface area (Å²) in [5.74, 6) is 2.09. The number of imidazole rings is 1. The van der Waals surface area contributed by atoms with Gasteiger partial charge in [-0.15, -0.1) is 0 Å². The molecule has 1 atom stereocenters. The largest absolute Gasteiger partial charge is 0.342 e. The van der Waals surface area contributed by atoms with Crippen LogP contribution in [0, 0.1) is 5.92 Å². The first-order valence-electron chi connectivity index (χ1n) is 10.1. The zero-order chi connectivity index (χ0) is 18.6. The Labute approximate surface area is 161 Å². The predicted molar refractivity (Wildman–Crippen MR) is 104 cm³/mol. The summed E-state index contributed by atoms with van der Waals surface area (Å²) >= 11 is 0. The van der Waals surface area contributed by atoms with Crippen LogP contribution in [-0.4, -0.2) is 63.5 Å². The minimum atomic E-state index is 0.187. The van der Waals surface area contributed by atoms with E-state index in [0.717, 1.165) is 69.9 Å². The van der Waals surface area contributed by atoms with Gasteiger partial charge in [-0.3, -0.25) is 9.78 Å². The fourth-order valence-corrected chi connectivity index (χ4v) is 4.46. The molecule has 0 unspecified atom stereocenters. The van der Waals surface area contributed by atoms with E-state index in [1.165, 1.54) is 0 Å².